The first kappa shape index (κ1) is 12.4. The van der Waals surface area contributed by atoms with Crippen molar-refractivity contribution in [3.63, 3.8) is 0 Å². The zero-order valence-corrected chi connectivity index (χ0v) is 8.84. The Kier molecular flexibility index (Phi) is 4.02. The molecular formula is C10H17F2NO2. The van der Waals surface area contributed by atoms with Crippen LogP contribution in [0.2, 0.25) is 0 Å². The molecule has 1 rings (SSSR count). The monoisotopic (exact) mass is 221 g/mol. The van der Waals surface area contributed by atoms with Crippen LogP contribution in [0.4, 0.5) is 8.78 Å². The zero-order chi connectivity index (χ0) is 11.5. The van der Waals surface area contributed by atoms with Gasteiger partial charge in [-0.25, -0.2) is 8.78 Å². The lowest BCUT2D eigenvalue weighted by Crippen LogP contribution is -2.38. The SMILES string of the molecule is CCOC(=O)[C@H](N)CC(F)(F)CC1CC1. The Morgan fingerprint density at radius 2 is 2.20 bits per heavy atom. The summed E-state index contributed by atoms with van der Waals surface area (Å²) in [6.45, 7) is 1.79. The van der Waals surface area contributed by atoms with Crippen LogP contribution < -0.4 is 5.73 Å². The van der Waals surface area contributed by atoms with E-state index in [2.05, 4.69) is 4.74 Å². The Hall–Kier alpha value is -0.710. The number of carbonyl (C=O) groups is 1. The number of rotatable bonds is 6. The van der Waals surface area contributed by atoms with Crippen molar-refractivity contribution in [1.82, 2.24) is 0 Å². The maximum atomic E-state index is 13.3. The van der Waals surface area contributed by atoms with E-state index in [-0.39, 0.29) is 18.9 Å². The average molecular weight is 221 g/mol. The van der Waals surface area contributed by atoms with Crippen LogP contribution in [-0.2, 0) is 9.53 Å². The molecule has 1 saturated carbocycles. The van der Waals surface area contributed by atoms with Gasteiger partial charge in [0.25, 0.3) is 5.92 Å². The fourth-order valence-electron chi connectivity index (χ4n) is 1.48. The van der Waals surface area contributed by atoms with Gasteiger partial charge < -0.3 is 10.5 Å². The highest BCUT2D eigenvalue weighted by Crippen LogP contribution is 2.40. The van der Waals surface area contributed by atoms with E-state index >= 15 is 0 Å². The second-order valence-corrected chi connectivity index (χ2v) is 4.07. The summed E-state index contributed by atoms with van der Waals surface area (Å²) in [6.07, 6.45) is 0.969. The van der Waals surface area contributed by atoms with Crippen LogP contribution in [0.1, 0.15) is 32.6 Å². The second kappa shape index (κ2) is 4.88. The Morgan fingerprint density at radius 1 is 1.60 bits per heavy atom. The van der Waals surface area contributed by atoms with E-state index in [1.54, 1.807) is 6.92 Å². The van der Waals surface area contributed by atoms with Crippen molar-refractivity contribution in [2.45, 2.75) is 44.6 Å². The molecule has 0 unspecified atom stereocenters. The molecule has 88 valence electrons. The molecule has 0 radical (unpaired) electrons. The van der Waals surface area contributed by atoms with Gasteiger partial charge in [-0.05, 0) is 25.7 Å². The second-order valence-electron chi connectivity index (χ2n) is 4.07. The summed E-state index contributed by atoms with van der Waals surface area (Å²) >= 11 is 0. The Balaban J connectivity index is 2.33. The molecule has 0 aliphatic heterocycles. The fourth-order valence-corrected chi connectivity index (χ4v) is 1.48. The predicted octanol–water partition coefficient (Wildman–Crippen LogP) is 1.70. The van der Waals surface area contributed by atoms with Gasteiger partial charge in [0.15, 0.2) is 0 Å². The number of halogens is 2. The summed E-state index contributed by atoms with van der Waals surface area (Å²) in [7, 11) is 0. The number of alkyl halides is 2. The van der Waals surface area contributed by atoms with Crippen LogP contribution in [0.5, 0.6) is 0 Å². The number of hydrogen-bond donors (Lipinski definition) is 1. The lowest BCUT2D eigenvalue weighted by molar-refractivity contribution is -0.147. The van der Waals surface area contributed by atoms with Crippen molar-refractivity contribution in [2.75, 3.05) is 6.61 Å². The highest BCUT2D eigenvalue weighted by Gasteiger charge is 2.39. The largest absolute Gasteiger partial charge is 0.465 e. The summed E-state index contributed by atoms with van der Waals surface area (Å²) in [5, 5.41) is 0. The molecule has 0 aromatic rings. The molecule has 1 aliphatic rings. The maximum Gasteiger partial charge on any atom is 0.323 e. The Morgan fingerprint density at radius 3 is 2.67 bits per heavy atom. The van der Waals surface area contributed by atoms with Crippen molar-refractivity contribution in [2.24, 2.45) is 11.7 Å². The molecule has 0 amide bonds. The summed E-state index contributed by atoms with van der Waals surface area (Å²) in [5.41, 5.74) is 5.33. The number of nitrogens with two attached hydrogens (primary N) is 1. The molecule has 0 heterocycles. The van der Waals surface area contributed by atoms with Gasteiger partial charge in [0, 0.05) is 12.8 Å². The van der Waals surface area contributed by atoms with Crippen molar-refractivity contribution in [3.05, 3.63) is 0 Å². The summed E-state index contributed by atoms with van der Waals surface area (Å²) < 4.78 is 31.1. The molecular weight excluding hydrogens is 204 g/mol. The van der Waals surface area contributed by atoms with Gasteiger partial charge in [0.1, 0.15) is 6.04 Å². The van der Waals surface area contributed by atoms with Crippen LogP contribution in [-0.4, -0.2) is 24.5 Å². The van der Waals surface area contributed by atoms with E-state index < -0.39 is 24.4 Å². The minimum atomic E-state index is -2.84. The van der Waals surface area contributed by atoms with E-state index in [0.717, 1.165) is 12.8 Å². The van der Waals surface area contributed by atoms with E-state index in [1.807, 2.05) is 0 Å². The quantitative estimate of drug-likeness (QED) is 0.694. The third-order valence-electron chi connectivity index (χ3n) is 2.39. The third-order valence-corrected chi connectivity index (χ3v) is 2.39. The number of ether oxygens (including phenoxy) is 1. The van der Waals surface area contributed by atoms with Crippen LogP contribution in [0.15, 0.2) is 0 Å². The number of carbonyl (C=O) groups excluding carboxylic acids is 1. The highest BCUT2D eigenvalue weighted by molar-refractivity contribution is 5.75. The van der Waals surface area contributed by atoms with Gasteiger partial charge in [0.05, 0.1) is 6.61 Å². The standard InChI is InChI=1S/C10H17F2NO2/c1-2-15-9(14)8(13)6-10(11,12)5-7-3-4-7/h7-8H,2-6,13H2,1H3/t8-/m1/s1. The van der Waals surface area contributed by atoms with Crippen molar-refractivity contribution >= 4 is 5.97 Å². The first-order valence-electron chi connectivity index (χ1n) is 5.24. The molecule has 0 aromatic heterocycles. The van der Waals surface area contributed by atoms with Crippen molar-refractivity contribution in [3.8, 4) is 0 Å². The van der Waals surface area contributed by atoms with Gasteiger partial charge in [-0.3, -0.25) is 4.79 Å². The van der Waals surface area contributed by atoms with Crippen LogP contribution in [0, 0.1) is 5.92 Å². The first-order chi connectivity index (χ1) is 6.94. The highest BCUT2D eigenvalue weighted by atomic mass is 19.3. The van der Waals surface area contributed by atoms with Gasteiger partial charge in [0.2, 0.25) is 0 Å². The number of esters is 1. The first-order valence-corrected chi connectivity index (χ1v) is 5.24. The molecule has 5 heteroatoms. The van der Waals surface area contributed by atoms with E-state index in [4.69, 9.17) is 5.73 Å². The van der Waals surface area contributed by atoms with E-state index in [1.165, 1.54) is 0 Å². The smallest absolute Gasteiger partial charge is 0.323 e. The molecule has 1 atom stereocenters. The van der Waals surface area contributed by atoms with Crippen LogP contribution in [0.25, 0.3) is 0 Å². The van der Waals surface area contributed by atoms with Gasteiger partial charge in [-0.2, -0.15) is 0 Å². The normalized spacial score (nSPS) is 18.7. The molecule has 3 nitrogen and oxygen atoms in total. The third kappa shape index (κ3) is 4.55. The zero-order valence-electron chi connectivity index (χ0n) is 8.84. The molecule has 15 heavy (non-hydrogen) atoms. The molecule has 1 fully saturated rings. The lowest BCUT2D eigenvalue weighted by atomic mass is 10.0. The predicted molar refractivity (Wildman–Crippen MR) is 51.5 cm³/mol. The average Bonchev–Trinajstić information content (AvgIpc) is 2.86. The molecule has 1 aliphatic carbocycles. The van der Waals surface area contributed by atoms with Gasteiger partial charge in [-0.1, -0.05) is 0 Å². The van der Waals surface area contributed by atoms with Crippen molar-refractivity contribution in [1.29, 1.82) is 0 Å². The van der Waals surface area contributed by atoms with E-state index in [9.17, 15) is 13.6 Å². The Labute approximate surface area is 88.0 Å². The van der Waals surface area contributed by atoms with Crippen LogP contribution in [0.3, 0.4) is 0 Å². The molecule has 0 saturated heterocycles. The topological polar surface area (TPSA) is 52.3 Å². The summed E-state index contributed by atoms with van der Waals surface area (Å²) in [5.74, 6) is -3.46. The Bertz CT molecular complexity index is 229. The molecule has 2 N–H and O–H groups in total. The van der Waals surface area contributed by atoms with Crippen molar-refractivity contribution < 1.29 is 18.3 Å². The molecule has 0 spiro atoms. The molecule has 0 aromatic carbocycles. The minimum Gasteiger partial charge on any atom is -0.465 e. The lowest BCUT2D eigenvalue weighted by Gasteiger charge is -2.19. The summed E-state index contributed by atoms with van der Waals surface area (Å²) in [6, 6.07) is -1.21. The van der Waals surface area contributed by atoms with Gasteiger partial charge in [-0.15, -0.1) is 0 Å². The fraction of sp³-hybridized carbons (Fsp3) is 0.900. The summed E-state index contributed by atoms with van der Waals surface area (Å²) in [4.78, 5) is 11.0. The van der Waals surface area contributed by atoms with Gasteiger partial charge >= 0.3 is 5.97 Å². The minimum absolute atomic E-state index is 0.120. The molecule has 0 bridgehead atoms. The van der Waals surface area contributed by atoms with E-state index in [0.29, 0.717) is 0 Å². The maximum absolute atomic E-state index is 13.3. The number of hydrogen-bond acceptors (Lipinski definition) is 3. The van der Waals surface area contributed by atoms with Crippen LogP contribution >= 0.6 is 0 Å².